The molecule has 0 saturated heterocycles. The van der Waals surface area contributed by atoms with Crippen molar-refractivity contribution in [3.8, 4) is 6.07 Å². The van der Waals surface area contributed by atoms with Crippen molar-refractivity contribution in [1.82, 2.24) is 0 Å². The molecule has 0 aromatic heterocycles. The highest BCUT2D eigenvalue weighted by atomic mass is 16.1. The predicted octanol–water partition coefficient (Wildman–Crippen LogP) is 2.22. The Hall–Kier alpha value is -1.82. The van der Waals surface area contributed by atoms with Crippen LogP contribution in [0.15, 0.2) is 18.2 Å². The standard InChI is InChI=1S/C11H12N2O/c1-3-11(14)13-10-5-8(2)4-9(6-10)7-12/h4-6H,3H2,1-2H3,(H,13,14). The minimum absolute atomic E-state index is 0.0421. The van der Waals surface area contributed by atoms with Crippen LogP contribution >= 0.6 is 0 Å². The van der Waals surface area contributed by atoms with Crippen molar-refractivity contribution in [2.24, 2.45) is 0 Å². The molecule has 3 nitrogen and oxygen atoms in total. The number of amides is 1. The van der Waals surface area contributed by atoms with Crippen molar-refractivity contribution in [2.45, 2.75) is 20.3 Å². The highest BCUT2D eigenvalue weighted by Gasteiger charge is 2.01. The summed E-state index contributed by atoms with van der Waals surface area (Å²) < 4.78 is 0. The van der Waals surface area contributed by atoms with Gasteiger partial charge in [0.15, 0.2) is 0 Å². The Bertz CT molecular complexity index is 391. The quantitative estimate of drug-likeness (QED) is 0.773. The zero-order chi connectivity index (χ0) is 10.6. The molecule has 0 aliphatic heterocycles. The van der Waals surface area contributed by atoms with E-state index >= 15 is 0 Å². The van der Waals surface area contributed by atoms with Crippen molar-refractivity contribution < 1.29 is 4.79 Å². The summed E-state index contributed by atoms with van der Waals surface area (Å²) in [4.78, 5) is 11.1. The van der Waals surface area contributed by atoms with Crippen LogP contribution in [0.1, 0.15) is 24.5 Å². The second-order valence-electron chi connectivity index (χ2n) is 3.10. The molecule has 0 aliphatic carbocycles. The van der Waals surface area contributed by atoms with Gasteiger partial charge >= 0.3 is 0 Å². The summed E-state index contributed by atoms with van der Waals surface area (Å²) in [6, 6.07) is 7.34. The van der Waals surface area contributed by atoms with Crippen LogP contribution in [0.4, 0.5) is 5.69 Å². The fourth-order valence-corrected chi connectivity index (χ4v) is 1.17. The first kappa shape index (κ1) is 10.3. The molecule has 0 saturated carbocycles. The summed E-state index contributed by atoms with van der Waals surface area (Å²) in [6.45, 7) is 3.68. The van der Waals surface area contributed by atoms with E-state index in [1.807, 2.05) is 19.1 Å². The number of nitrogens with one attached hydrogen (secondary N) is 1. The van der Waals surface area contributed by atoms with E-state index < -0.39 is 0 Å². The zero-order valence-electron chi connectivity index (χ0n) is 8.29. The number of nitrogens with zero attached hydrogens (tertiary/aromatic N) is 1. The van der Waals surface area contributed by atoms with Gasteiger partial charge in [-0.15, -0.1) is 0 Å². The third kappa shape index (κ3) is 2.60. The highest BCUT2D eigenvalue weighted by Crippen LogP contribution is 2.13. The molecule has 1 aromatic carbocycles. The number of anilines is 1. The van der Waals surface area contributed by atoms with Crippen LogP contribution in [-0.2, 0) is 4.79 Å². The molecule has 1 amide bonds. The van der Waals surface area contributed by atoms with Gasteiger partial charge in [0.1, 0.15) is 0 Å². The maximum absolute atomic E-state index is 11.1. The van der Waals surface area contributed by atoms with Gasteiger partial charge < -0.3 is 5.32 Å². The molecule has 1 N–H and O–H groups in total. The molecular formula is C11H12N2O. The predicted molar refractivity (Wildman–Crippen MR) is 54.8 cm³/mol. The summed E-state index contributed by atoms with van der Waals surface area (Å²) >= 11 is 0. The molecule has 0 atom stereocenters. The number of carbonyl (C=O) groups excluding carboxylic acids is 1. The molecule has 0 bridgehead atoms. The lowest BCUT2D eigenvalue weighted by Gasteiger charge is -2.04. The van der Waals surface area contributed by atoms with E-state index in [4.69, 9.17) is 5.26 Å². The lowest BCUT2D eigenvalue weighted by atomic mass is 10.1. The van der Waals surface area contributed by atoms with Crippen LogP contribution in [0.3, 0.4) is 0 Å². The molecule has 0 spiro atoms. The van der Waals surface area contributed by atoms with Crippen molar-refractivity contribution in [1.29, 1.82) is 5.26 Å². The molecule has 14 heavy (non-hydrogen) atoms. The van der Waals surface area contributed by atoms with Crippen LogP contribution in [0.25, 0.3) is 0 Å². The molecule has 1 rings (SSSR count). The van der Waals surface area contributed by atoms with E-state index in [9.17, 15) is 4.79 Å². The third-order valence-electron chi connectivity index (χ3n) is 1.81. The topological polar surface area (TPSA) is 52.9 Å². The lowest BCUT2D eigenvalue weighted by Crippen LogP contribution is -2.09. The number of hydrogen-bond donors (Lipinski definition) is 1. The Morgan fingerprint density at radius 2 is 2.21 bits per heavy atom. The number of rotatable bonds is 2. The molecule has 0 fully saturated rings. The molecule has 3 heteroatoms. The van der Waals surface area contributed by atoms with E-state index in [2.05, 4.69) is 5.32 Å². The Kier molecular flexibility index (Phi) is 3.24. The number of aryl methyl sites for hydroxylation is 1. The Labute approximate surface area is 83.4 Å². The smallest absolute Gasteiger partial charge is 0.224 e. The van der Waals surface area contributed by atoms with Gasteiger partial charge in [-0.2, -0.15) is 5.26 Å². The van der Waals surface area contributed by atoms with Gasteiger partial charge in [0, 0.05) is 12.1 Å². The highest BCUT2D eigenvalue weighted by molar-refractivity contribution is 5.90. The number of benzene rings is 1. The average Bonchev–Trinajstić information content (AvgIpc) is 2.16. The maximum Gasteiger partial charge on any atom is 0.224 e. The van der Waals surface area contributed by atoms with Crippen LogP contribution < -0.4 is 5.32 Å². The Morgan fingerprint density at radius 3 is 2.79 bits per heavy atom. The second-order valence-corrected chi connectivity index (χ2v) is 3.10. The van der Waals surface area contributed by atoms with E-state index in [-0.39, 0.29) is 5.91 Å². The lowest BCUT2D eigenvalue weighted by molar-refractivity contribution is -0.115. The summed E-state index contributed by atoms with van der Waals surface area (Å²) in [5.41, 5.74) is 2.22. The fraction of sp³-hybridized carbons (Fsp3) is 0.273. The normalized spacial score (nSPS) is 9.21. The first-order chi connectivity index (χ1) is 6.65. The minimum atomic E-state index is -0.0421. The number of hydrogen-bond acceptors (Lipinski definition) is 2. The van der Waals surface area contributed by atoms with Crippen molar-refractivity contribution >= 4 is 11.6 Å². The maximum atomic E-state index is 11.1. The summed E-state index contributed by atoms with van der Waals surface area (Å²) in [7, 11) is 0. The SMILES string of the molecule is CCC(=O)Nc1cc(C)cc(C#N)c1. The van der Waals surface area contributed by atoms with E-state index in [0.29, 0.717) is 17.7 Å². The summed E-state index contributed by atoms with van der Waals surface area (Å²) in [5.74, 6) is -0.0421. The first-order valence-electron chi connectivity index (χ1n) is 4.47. The van der Waals surface area contributed by atoms with E-state index in [0.717, 1.165) is 5.56 Å². The van der Waals surface area contributed by atoms with Gasteiger partial charge in [-0.25, -0.2) is 0 Å². The number of carbonyl (C=O) groups is 1. The molecule has 0 aliphatic rings. The molecule has 0 radical (unpaired) electrons. The molecule has 72 valence electrons. The second kappa shape index (κ2) is 4.43. The van der Waals surface area contributed by atoms with Gasteiger partial charge in [-0.1, -0.05) is 6.92 Å². The third-order valence-corrected chi connectivity index (χ3v) is 1.81. The number of nitriles is 1. The minimum Gasteiger partial charge on any atom is -0.326 e. The van der Waals surface area contributed by atoms with E-state index in [1.54, 1.807) is 19.1 Å². The van der Waals surface area contributed by atoms with Gasteiger partial charge in [-0.3, -0.25) is 4.79 Å². The van der Waals surface area contributed by atoms with Crippen LogP contribution in [-0.4, -0.2) is 5.91 Å². The van der Waals surface area contributed by atoms with Gasteiger partial charge in [-0.05, 0) is 30.7 Å². The molecule has 1 aromatic rings. The van der Waals surface area contributed by atoms with E-state index in [1.165, 1.54) is 0 Å². The van der Waals surface area contributed by atoms with Crippen LogP contribution in [0, 0.1) is 18.3 Å². The Balaban J connectivity index is 2.93. The summed E-state index contributed by atoms with van der Waals surface area (Å²) in [6.07, 6.45) is 0.440. The largest absolute Gasteiger partial charge is 0.326 e. The summed E-state index contributed by atoms with van der Waals surface area (Å²) in [5, 5.41) is 11.4. The molecular weight excluding hydrogens is 176 g/mol. The first-order valence-corrected chi connectivity index (χ1v) is 4.47. The van der Waals surface area contributed by atoms with Crippen molar-refractivity contribution in [3.63, 3.8) is 0 Å². The Morgan fingerprint density at radius 1 is 1.50 bits per heavy atom. The molecule has 0 unspecified atom stereocenters. The monoisotopic (exact) mass is 188 g/mol. The fourth-order valence-electron chi connectivity index (χ4n) is 1.17. The van der Waals surface area contributed by atoms with Crippen molar-refractivity contribution in [2.75, 3.05) is 5.32 Å². The van der Waals surface area contributed by atoms with Crippen molar-refractivity contribution in [3.05, 3.63) is 29.3 Å². The average molecular weight is 188 g/mol. The van der Waals surface area contributed by atoms with Gasteiger partial charge in [0.2, 0.25) is 5.91 Å². The van der Waals surface area contributed by atoms with Crippen LogP contribution in [0.2, 0.25) is 0 Å². The molecule has 0 heterocycles. The van der Waals surface area contributed by atoms with Crippen LogP contribution in [0.5, 0.6) is 0 Å². The zero-order valence-corrected chi connectivity index (χ0v) is 8.29. The van der Waals surface area contributed by atoms with Gasteiger partial charge in [0.25, 0.3) is 0 Å². The van der Waals surface area contributed by atoms with Gasteiger partial charge in [0.05, 0.1) is 11.6 Å².